The van der Waals surface area contributed by atoms with Crippen molar-refractivity contribution in [2.24, 2.45) is 5.92 Å². The van der Waals surface area contributed by atoms with Crippen LogP contribution < -0.4 is 10.2 Å². The van der Waals surface area contributed by atoms with Gasteiger partial charge >= 0.3 is 0 Å². The Hall–Kier alpha value is -1.24. The van der Waals surface area contributed by atoms with Crippen molar-refractivity contribution in [1.29, 1.82) is 0 Å². The average molecular weight is 333 g/mol. The molecule has 1 aliphatic heterocycles. The van der Waals surface area contributed by atoms with E-state index in [-0.39, 0.29) is 0 Å². The van der Waals surface area contributed by atoms with Gasteiger partial charge in [0, 0.05) is 4.88 Å². The molecule has 2 aliphatic rings. The lowest BCUT2D eigenvalue weighted by atomic mass is 9.88. The molecular weight excluding hydrogens is 308 g/mol. The summed E-state index contributed by atoms with van der Waals surface area (Å²) in [6.45, 7) is 8.45. The van der Waals surface area contributed by atoms with Gasteiger partial charge in [-0.25, -0.2) is 9.97 Å². The molecule has 124 valence electrons. The van der Waals surface area contributed by atoms with Crippen LogP contribution in [0.15, 0.2) is 6.33 Å². The second-order valence-corrected chi connectivity index (χ2v) is 7.88. The number of quaternary nitrogens is 1. The number of ether oxygens (including phenoxy) is 1. The van der Waals surface area contributed by atoms with Gasteiger partial charge in [-0.1, -0.05) is 6.92 Å². The van der Waals surface area contributed by atoms with Crippen LogP contribution in [-0.2, 0) is 17.6 Å². The Labute approximate surface area is 141 Å². The first-order valence-corrected chi connectivity index (χ1v) is 9.53. The van der Waals surface area contributed by atoms with Crippen molar-refractivity contribution in [2.75, 3.05) is 44.7 Å². The number of thiophene rings is 1. The van der Waals surface area contributed by atoms with E-state index in [0.29, 0.717) is 0 Å². The van der Waals surface area contributed by atoms with Crippen LogP contribution in [0.4, 0.5) is 5.82 Å². The zero-order valence-corrected chi connectivity index (χ0v) is 14.5. The molecule has 0 radical (unpaired) electrons. The highest BCUT2D eigenvalue weighted by Crippen LogP contribution is 2.39. The molecule has 0 bridgehead atoms. The normalized spacial score (nSPS) is 22.2. The fourth-order valence-corrected chi connectivity index (χ4v) is 4.87. The summed E-state index contributed by atoms with van der Waals surface area (Å²) in [5.41, 5.74) is 1.51. The Bertz CT molecular complexity index is 681. The maximum atomic E-state index is 5.42. The molecule has 1 fully saturated rings. The van der Waals surface area contributed by atoms with Crippen LogP contribution in [0, 0.1) is 5.92 Å². The summed E-state index contributed by atoms with van der Waals surface area (Å²) in [4.78, 5) is 13.4. The van der Waals surface area contributed by atoms with Gasteiger partial charge < -0.3 is 15.0 Å². The summed E-state index contributed by atoms with van der Waals surface area (Å²) in [6.07, 6.45) is 5.38. The Morgan fingerprint density at radius 2 is 2.22 bits per heavy atom. The SMILES string of the molecule is C[C@H]1CCc2sc3ncnc(NCC[NH+]4CCOCC4)c3c2C1. The minimum absolute atomic E-state index is 0.770. The van der Waals surface area contributed by atoms with Gasteiger partial charge in [-0.05, 0) is 30.7 Å². The first-order chi connectivity index (χ1) is 11.3. The molecular formula is C17H25N4OS+. The van der Waals surface area contributed by atoms with Crippen molar-refractivity contribution >= 4 is 27.4 Å². The highest BCUT2D eigenvalue weighted by molar-refractivity contribution is 7.19. The van der Waals surface area contributed by atoms with Crippen LogP contribution in [0.1, 0.15) is 23.8 Å². The van der Waals surface area contributed by atoms with E-state index in [1.807, 2.05) is 11.3 Å². The van der Waals surface area contributed by atoms with E-state index in [4.69, 9.17) is 4.74 Å². The van der Waals surface area contributed by atoms with Crippen LogP contribution in [0.5, 0.6) is 0 Å². The minimum atomic E-state index is 0.770. The predicted molar refractivity (Wildman–Crippen MR) is 93.5 cm³/mol. The van der Waals surface area contributed by atoms with Gasteiger partial charge in [0.2, 0.25) is 0 Å². The second kappa shape index (κ2) is 6.71. The van der Waals surface area contributed by atoms with Crippen molar-refractivity contribution in [1.82, 2.24) is 9.97 Å². The molecule has 1 aliphatic carbocycles. The molecule has 23 heavy (non-hydrogen) atoms. The van der Waals surface area contributed by atoms with Gasteiger partial charge in [0.15, 0.2) is 0 Å². The molecule has 1 atom stereocenters. The molecule has 2 aromatic heterocycles. The van der Waals surface area contributed by atoms with Crippen LogP contribution in [0.2, 0.25) is 0 Å². The summed E-state index contributed by atoms with van der Waals surface area (Å²) >= 11 is 1.86. The fourth-order valence-electron chi connectivity index (χ4n) is 3.68. The highest BCUT2D eigenvalue weighted by Gasteiger charge is 2.23. The molecule has 0 spiro atoms. The monoisotopic (exact) mass is 333 g/mol. The van der Waals surface area contributed by atoms with Gasteiger partial charge in [0.05, 0.1) is 31.7 Å². The zero-order valence-electron chi connectivity index (χ0n) is 13.7. The lowest BCUT2D eigenvalue weighted by Crippen LogP contribution is -3.14. The number of hydrogen-bond acceptors (Lipinski definition) is 5. The zero-order chi connectivity index (χ0) is 15.6. The van der Waals surface area contributed by atoms with Gasteiger partial charge in [0.1, 0.15) is 30.1 Å². The van der Waals surface area contributed by atoms with E-state index in [9.17, 15) is 0 Å². The van der Waals surface area contributed by atoms with Gasteiger partial charge in [-0.3, -0.25) is 0 Å². The van der Waals surface area contributed by atoms with Crippen molar-refractivity contribution in [2.45, 2.75) is 26.2 Å². The molecule has 0 unspecified atom stereocenters. The van der Waals surface area contributed by atoms with Crippen molar-refractivity contribution in [3.8, 4) is 0 Å². The smallest absolute Gasteiger partial charge is 0.138 e. The predicted octanol–water partition coefficient (Wildman–Crippen LogP) is 1.14. The average Bonchev–Trinajstić information content (AvgIpc) is 2.94. The van der Waals surface area contributed by atoms with Gasteiger partial charge in [0.25, 0.3) is 0 Å². The molecule has 2 N–H and O–H groups in total. The number of rotatable bonds is 4. The van der Waals surface area contributed by atoms with E-state index in [1.54, 1.807) is 11.2 Å². The number of aryl methyl sites for hydroxylation is 1. The van der Waals surface area contributed by atoms with Crippen molar-refractivity contribution in [3.05, 3.63) is 16.8 Å². The summed E-state index contributed by atoms with van der Waals surface area (Å²) < 4.78 is 5.42. The third-order valence-electron chi connectivity index (χ3n) is 5.06. The number of nitrogens with zero attached hydrogens (tertiary/aromatic N) is 2. The molecule has 0 aromatic carbocycles. The molecule has 3 heterocycles. The number of hydrogen-bond donors (Lipinski definition) is 2. The Balaban J connectivity index is 1.51. The summed E-state index contributed by atoms with van der Waals surface area (Å²) in [6, 6.07) is 0. The van der Waals surface area contributed by atoms with Gasteiger partial charge in [-0.2, -0.15) is 0 Å². The van der Waals surface area contributed by atoms with Crippen LogP contribution >= 0.6 is 11.3 Å². The molecule has 6 heteroatoms. The largest absolute Gasteiger partial charge is 0.370 e. The Morgan fingerprint density at radius 1 is 1.35 bits per heavy atom. The summed E-state index contributed by atoms with van der Waals surface area (Å²) in [5.74, 6) is 1.81. The second-order valence-electron chi connectivity index (χ2n) is 6.79. The molecule has 1 saturated heterocycles. The molecule has 4 rings (SSSR count). The minimum Gasteiger partial charge on any atom is -0.370 e. The first kappa shape index (κ1) is 15.3. The fraction of sp³-hybridized carbons (Fsp3) is 0.647. The Kier molecular flexibility index (Phi) is 4.46. The first-order valence-electron chi connectivity index (χ1n) is 8.71. The van der Waals surface area contributed by atoms with E-state index in [1.165, 1.54) is 35.1 Å². The lowest BCUT2D eigenvalue weighted by molar-refractivity contribution is -0.906. The van der Waals surface area contributed by atoms with Crippen molar-refractivity contribution in [3.63, 3.8) is 0 Å². The van der Waals surface area contributed by atoms with E-state index >= 15 is 0 Å². The number of anilines is 1. The maximum Gasteiger partial charge on any atom is 0.138 e. The summed E-state index contributed by atoms with van der Waals surface area (Å²) in [7, 11) is 0. The molecule has 0 amide bonds. The molecule has 2 aromatic rings. The van der Waals surface area contributed by atoms with Crippen LogP contribution in [0.3, 0.4) is 0 Å². The molecule has 0 saturated carbocycles. The van der Waals surface area contributed by atoms with Gasteiger partial charge in [-0.15, -0.1) is 11.3 Å². The van der Waals surface area contributed by atoms with Crippen LogP contribution in [-0.4, -0.2) is 49.4 Å². The third-order valence-corrected chi connectivity index (χ3v) is 6.26. The highest BCUT2D eigenvalue weighted by atomic mass is 32.1. The van der Waals surface area contributed by atoms with Crippen molar-refractivity contribution < 1.29 is 9.64 Å². The van der Waals surface area contributed by atoms with E-state index in [2.05, 4.69) is 22.2 Å². The van der Waals surface area contributed by atoms with Crippen LogP contribution in [0.25, 0.3) is 10.2 Å². The number of aromatic nitrogens is 2. The number of nitrogens with one attached hydrogen (secondary N) is 2. The van der Waals surface area contributed by atoms with E-state index < -0.39 is 0 Å². The number of morpholine rings is 1. The molecule has 5 nitrogen and oxygen atoms in total. The Morgan fingerprint density at radius 3 is 3.09 bits per heavy atom. The standard InChI is InChI=1S/C17H24N4OS/c1-12-2-3-14-13(10-12)15-16(19-11-20-17(15)23-14)18-4-5-21-6-8-22-9-7-21/h11-12H,2-10H2,1H3,(H,18,19,20)/p+1/t12-/m0/s1. The third kappa shape index (κ3) is 3.20. The topological polar surface area (TPSA) is 51.5 Å². The maximum absolute atomic E-state index is 5.42. The lowest BCUT2D eigenvalue weighted by Gasteiger charge is -2.24. The summed E-state index contributed by atoms with van der Waals surface area (Å²) in [5, 5.41) is 4.87. The number of fused-ring (bicyclic) bond motifs is 3. The quantitative estimate of drug-likeness (QED) is 0.881. The van der Waals surface area contributed by atoms with E-state index in [0.717, 1.165) is 56.0 Å².